The Morgan fingerprint density at radius 3 is 2.02 bits per heavy atom. The van der Waals surface area contributed by atoms with E-state index in [0.29, 0.717) is 11.8 Å². The number of fused-ring (bicyclic) bond motifs is 3. The molecular formula is C43H53N5. The van der Waals surface area contributed by atoms with E-state index in [2.05, 4.69) is 149 Å². The van der Waals surface area contributed by atoms with Crippen LogP contribution in [0.1, 0.15) is 85.4 Å². The topological polar surface area (TPSA) is 53.7 Å². The Labute approximate surface area is 288 Å². The van der Waals surface area contributed by atoms with Gasteiger partial charge in [-0.3, -0.25) is 4.99 Å². The van der Waals surface area contributed by atoms with Gasteiger partial charge in [0, 0.05) is 47.4 Å². The maximum atomic E-state index is 5.11. The van der Waals surface area contributed by atoms with Crippen molar-refractivity contribution >= 4 is 39.2 Å². The fourth-order valence-corrected chi connectivity index (χ4v) is 6.41. The molecule has 250 valence electrons. The number of nitrogens with zero attached hydrogens (tertiary/aromatic N) is 3. The van der Waals surface area contributed by atoms with Crippen molar-refractivity contribution in [2.75, 3.05) is 19.4 Å². The molecule has 0 spiro atoms. The molecule has 4 aromatic rings. The first-order valence-corrected chi connectivity index (χ1v) is 17.1. The lowest BCUT2D eigenvalue weighted by molar-refractivity contribution is 0.590. The van der Waals surface area contributed by atoms with Crippen molar-refractivity contribution < 1.29 is 0 Å². The Bertz CT molecular complexity index is 1960. The fraction of sp³-hybridized carbons (Fsp3) is 0.349. The van der Waals surface area contributed by atoms with Gasteiger partial charge in [0.15, 0.2) is 5.84 Å². The molecule has 5 rings (SSSR count). The van der Waals surface area contributed by atoms with Crippen molar-refractivity contribution in [3.05, 3.63) is 119 Å². The van der Waals surface area contributed by atoms with Crippen LogP contribution in [0.2, 0.25) is 0 Å². The second-order valence-electron chi connectivity index (χ2n) is 15.0. The van der Waals surface area contributed by atoms with E-state index in [1.54, 1.807) is 13.1 Å². The predicted molar refractivity (Wildman–Crippen MR) is 210 cm³/mol. The summed E-state index contributed by atoms with van der Waals surface area (Å²) in [6, 6.07) is 20.5. The summed E-state index contributed by atoms with van der Waals surface area (Å²) in [6.07, 6.45) is 9.31. The monoisotopic (exact) mass is 639 g/mol. The van der Waals surface area contributed by atoms with Gasteiger partial charge in [0.1, 0.15) is 5.84 Å². The summed E-state index contributed by atoms with van der Waals surface area (Å²) in [7, 11) is 3.70. The van der Waals surface area contributed by atoms with Gasteiger partial charge < -0.3 is 15.2 Å². The molecule has 5 heteroatoms. The summed E-state index contributed by atoms with van der Waals surface area (Å²) >= 11 is 0. The zero-order valence-corrected chi connectivity index (χ0v) is 30.8. The maximum absolute atomic E-state index is 5.11. The third-order valence-electron chi connectivity index (χ3n) is 9.66. The number of rotatable bonds is 6. The van der Waals surface area contributed by atoms with Gasteiger partial charge in [-0.2, -0.15) is 0 Å². The number of amidine groups is 2. The van der Waals surface area contributed by atoms with E-state index < -0.39 is 0 Å². The van der Waals surface area contributed by atoms with Crippen molar-refractivity contribution in [1.29, 1.82) is 0 Å². The Morgan fingerprint density at radius 2 is 1.52 bits per heavy atom. The van der Waals surface area contributed by atoms with Crippen LogP contribution < -0.4 is 10.6 Å². The fourth-order valence-electron chi connectivity index (χ4n) is 6.41. The highest BCUT2D eigenvalue weighted by Gasteiger charge is 2.23. The number of allylic oxidation sites excluding steroid dienone is 4. The minimum atomic E-state index is 0.0259. The molecule has 1 aromatic heterocycles. The quantitative estimate of drug-likeness (QED) is 0.125. The van der Waals surface area contributed by atoms with E-state index in [4.69, 9.17) is 4.99 Å². The summed E-state index contributed by atoms with van der Waals surface area (Å²) in [5.41, 5.74) is 11.4. The van der Waals surface area contributed by atoms with Gasteiger partial charge in [-0.25, -0.2) is 4.99 Å². The Morgan fingerprint density at radius 1 is 0.917 bits per heavy atom. The van der Waals surface area contributed by atoms with Crippen molar-refractivity contribution in [1.82, 2.24) is 9.88 Å². The Hall–Kier alpha value is -4.64. The first-order valence-electron chi connectivity index (χ1n) is 17.1. The summed E-state index contributed by atoms with van der Waals surface area (Å²) in [4.78, 5) is 9.66. The lowest BCUT2D eigenvalue weighted by atomic mass is 9.85. The number of benzene rings is 3. The van der Waals surface area contributed by atoms with Gasteiger partial charge in [0.05, 0.1) is 16.7 Å². The largest absolute Gasteiger partial charge is 0.373 e. The third-order valence-corrected chi connectivity index (χ3v) is 9.66. The molecule has 0 saturated heterocycles. The highest BCUT2D eigenvalue weighted by Crippen LogP contribution is 2.39. The van der Waals surface area contributed by atoms with E-state index in [0.717, 1.165) is 51.5 Å². The van der Waals surface area contributed by atoms with Crippen LogP contribution in [0, 0.1) is 5.92 Å². The van der Waals surface area contributed by atoms with E-state index in [1.165, 1.54) is 27.5 Å². The van der Waals surface area contributed by atoms with Gasteiger partial charge in [-0.05, 0) is 102 Å². The van der Waals surface area contributed by atoms with E-state index in [9.17, 15) is 0 Å². The average molecular weight is 640 g/mol. The van der Waals surface area contributed by atoms with Crippen LogP contribution in [-0.2, 0) is 10.8 Å². The molecule has 0 saturated carbocycles. The van der Waals surface area contributed by atoms with Crippen LogP contribution in [-0.4, -0.2) is 30.3 Å². The smallest absolute Gasteiger partial charge is 0.156 e. The van der Waals surface area contributed by atoms with Gasteiger partial charge in [0.2, 0.25) is 0 Å². The zero-order chi connectivity index (χ0) is 35.0. The molecule has 1 heterocycles. The average Bonchev–Trinajstić information content (AvgIpc) is 3.37. The maximum Gasteiger partial charge on any atom is 0.156 e. The van der Waals surface area contributed by atoms with Crippen LogP contribution in [0.25, 0.3) is 27.5 Å². The summed E-state index contributed by atoms with van der Waals surface area (Å²) in [5, 5.41) is 9.66. The summed E-state index contributed by atoms with van der Waals surface area (Å²) in [6.45, 7) is 24.2. The van der Waals surface area contributed by atoms with Crippen LogP contribution in [0.5, 0.6) is 0 Å². The Kier molecular flexibility index (Phi) is 9.73. The number of anilines is 1. The highest BCUT2D eigenvalue weighted by molar-refractivity contribution is 6.15. The molecule has 0 aliphatic heterocycles. The first kappa shape index (κ1) is 34.7. The molecule has 0 bridgehead atoms. The van der Waals surface area contributed by atoms with Gasteiger partial charge >= 0.3 is 0 Å². The number of nitrogens with one attached hydrogen (secondary N) is 2. The molecule has 5 nitrogen and oxygen atoms in total. The van der Waals surface area contributed by atoms with E-state index in [1.807, 2.05) is 20.0 Å². The van der Waals surface area contributed by atoms with Crippen molar-refractivity contribution in [3.63, 3.8) is 0 Å². The number of hydrogen-bond acceptors (Lipinski definition) is 2. The van der Waals surface area contributed by atoms with Crippen molar-refractivity contribution in [2.45, 2.75) is 79.6 Å². The highest BCUT2D eigenvalue weighted by atomic mass is 15.0. The SMILES string of the molecule is C=CC(=C\C)/C(=N/C)/N=C(\NC)c1cc(NC2=C(C)[C@@H](C)CC=C2)ccc1-n1c2ccc(C(C)(C)C)cc2c2cc(C(C)(C)C)ccc21. The molecule has 0 radical (unpaired) electrons. The Balaban J connectivity index is 1.85. The van der Waals surface area contributed by atoms with Crippen LogP contribution in [0.15, 0.2) is 112 Å². The predicted octanol–water partition coefficient (Wildman–Crippen LogP) is 10.8. The van der Waals surface area contributed by atoms with E-state index in [-0.39, 0.29) is 10.8 Å². The zero-order valence-electron chi connectivity index (χ0n) is 30.8. The first-order chi connectivity index (χ1) is 22.7. The molecule has 1 atom stereocenters. The second-order valence-corrected chi connectivity index (χ2v) is 15.0. The molecule has 0 amide bonds. The van der Waals surface area contributed by atoms with Crippen LogP contribution >= 0.6 is 0 Å². The standard InChI is InChI=1S/C43H53N5/c1-13-29(14-2)40(44-11)47-41(45-12)35-26-32(46-36-17-15-16-27(3)28(36)4)20-23-39(35)48-37-21-18-30(42(5,6)7)24-33(37)34-25-31(43(8,9)10)19-22-38(34)48/h13-15,17-27,46H,1,16H2,2-12H3,(H,44,45,47)/b29-14+/t27-/m0/s1. The number of aromatic nitrogens is 1. The second kappa shape index (κ2) is 13.5. The van der Waals surface area contributed by atoms with Crippen LogP contribution in [0.4, 0.5) is 5.69 Å². The van der Waals surface area contributed by atoms with Gasteiger partial charge in [0.25, 0.3) is 0 Å². The normalized spacial score (nSPS) is 16.6. The minimum absolute atomic E-state index is 0.0259. The third kappa shape index (κ3) is 6.69. The van der Waals surface area contributed by atoms with Crippen molar-refractivity contribution in [2.24, 2.45) is 15.9 Å². The summed E-state index contributed by atoms with van der Waals surface area (Å²) in [5.74, 6) is 1.85. The van der Waals surface area contributed by atoms with E-state index >= 15 is 0 Å². The molecular weight excluding hydrogens is 587 g/mol. The lowest BCUT2D eigenvalue weighted by Gasteiger charge is -2.22. The lowest BCUT2D eigenvalue weighted by Crippen LogP contribution is -2.24. The molecule has 1 aliphatic carbocycles. The molecule has 0 fully saturated rings. The number of hydrogen-bond donors (Lipinski definition) is 2. The van der Waals surface area contributed by atoms with Crippen LogP contribution in [0.3, 0.4) is 0 Å². The molecule has 48 heavy (non-hydrogen) atoms. The van der Waals surface area contributed by atoms with Gasteiger partial charge in [-0.15, -0.1) is 0 Å². The molecule has 3 aromatic carbocycles. The number of aliphatic imine (C=N–C) groups is 2. The van der Waals surface area contributed by atoms with Gasteiger partial charge in [-0.1, -0.05) is 85.4 Å². The van der Waals surface area contributed by atoms with Crippen molar-refractivity contribution in [3.8, 4) is 5.69 Å². The minimum Gasteiger partial charge on any atom is -0.373 e. The molecule has 0 unspecified atom stereocenters. The summed E-state index contributed by atoms with van der Waals surface area (Å²) < 4.78 is 2.40. The molecule has 1 aliphatic rings. The molecule has 2 N–H and O–H groups in total.